The molecule has 1 aliphatic rings. The number of carbonyl (C=O) groups excluding carboxylic acids is 2. The SMILES string of the molecule is CCOC(=O)c1cc2c(n1Cc1c(C)cc(C)cc1C)C(=O)C(=CN(C)C)CC2. The van der Waals surface area contributed by atoms with Gasteiger partial charge in [-0.15, -0.1) is 0 Å². The van der Waals surface area contributed by atoms with Crippen LogP contribution in [0.15, 0.2) is 30.0 Å². The third kappa shape index (κ3) is 4.14. The van der Waals surface area contributed by atoms with Crippen LogP contribution in [0.25, 0.3) is 0 Å². The highest BCUT2D eigenvalue weighted by Crippen LogP contribution is 2.30. The maximum Gasteiger partial charge on any atom is 0.354 e. The number of Topliss-reactive ketones (excluding diaryl/α,β-unsaturated/α-hetero) is 1. The molecule has 0 unspecified atom stereocenters. The smallest absolute Gasteiger partial charge is 0.354 e. The molecule has 0 fully saturated rings. The first-order valence-corrected chi connectivity index (χ1v) is 10.1. The van der Waals surface area contributed by atoms with Gasteiger partial charge in [-0.3, -0.25) is 4.79 Å². The highest BCUT2D eigenvalue weighted by Gasteiger charge is 2.31. The van der Waals surface area contributed by atoms with Gasteiger partial charge in [-0.25, -0.2) is 4.79 Å². The fraction of sp³-hybridized carbons (Fsp3) is 0.417. The Hall–Kier alpha value is -2.82. The van der Waals surface area contributed by atoms with Crippen molar-refractivity contribution in [2.75, 3.05) is 20.7 Å². The van der Waals surface area contributed by atoms with Crippen molar-refractivity contribution in [1.29, 1.82) is 0 Å². The lowest BCUT2D eigenvalue weighted by Crippen LogP contribution is -2.22. The number of benzene rings is 1. The van der Waals surface area contributed by atoms with Gasteiger partial charge < -0.3 is 14.2 Å². The molecule has 29 heavy (non-hydrogen) atoms. The summed E-state index contributed by atoms with van der Waals surface area (Å²) in [6.45, 7) is 8.80. The number of ketones is 1. The van der Waals surface area contributed by atoms with Crippen molar-refractivity contribution in [2.45, 2.75) is 47.1 Å². The number of allylic oxidation sites excluding steroid dienone is 1. The summed E-state index contributed by atoms with van der Waals surface area (Å²) in [4.78, 5) is 27.9. The molecule has 0 bridgehead atoms. The summed E-state index contributed by atoms with van der Waals surface area (Å²) < 4.78 is 7.16. The molecule has 3 rings (SSSR count). The Morgan fingerprint density at radius 3 is 2.38 bits per heavy atom. The van der Waals surface area contributed by atoms with E-state index in [1.807, 2.05) is 35.8 Å². The van der Waals surface area contributed by atoms with Crippen molar-refractivity contribution >= 4 is 11.8 Å². The molecule has 0 radical (unpaired) electrons. The number of hydrogen-bond donors (Lipinski definition) is 0. The summed E-state index contributed by atoms with van der Waals surface area (Å²) in [5.41, 5.74) is 7.43. The molecule has 0 amide bonds. The van der Waals surface area contributed by atoms with E-state index in [-0.39, 0.29) is 11.8 Å². The molecule has 154 valence electrons. The van der Waals surface area contributed by atoms with Crippen LogP contribution in [-0.4, -0.2) is 41.9 Å². The highest BCUT2D eigenvalue weighted by atomic mass is 16.5. The summed E-state index contributed by atoms with van der Waals surface area (Å²) in [7, 11) is 3.83. The third-order valence-corrected chi connectivity index (χ3v) is 5.40. The first-order chi connectivity index (χ1) is 13.7. The van der Waals surface area contributed by atoms with Crippen LogP contribution in [0.4, 0.5) is 0 Å². The molecule has 0 saturated heterocycles. The minimum Gasteiger partial charge on any atom is -0.461 e. The van der Waals surface area contributed by atoms with Crippen LogP contribution in [0.5, 0.6) is 0 Å². The Kier molecular flexibility index (Phi) is 5.96. The standard InChI is InChI=1S/C24H30N2O3/c1-7-29-24(28)21-12-18-8-9-19(13-25(5)6)23(27)22(18)26(21)14-20-16(3)10-15(2)11-17(20)4/h10-13H,7-9,14H2,1-6H3. The van der Waals surface area contributed by atoms with E-state index in [4.69, 9.17) is 4.74 Å². The van der Waals surface area contributed by atoms with Gasteiger partial charge in [-0.05, 0) is 68.9 Å². The van der Waals surface area contributed by atoms with Crippen LogP contribution in [0.3, 0.4) is 0 Å². The molecule has 0 spiro atoms. The van der Waals surface area contributed by atoms with E-state index < -0.39 is 0 Å². The molecular weight excluding hydrogens is 364 g/mol. The number of aryl methyl sites for hydroxylation is 4. The van der Waals surface area contributed by atoms with E-state index in [2.05, 4.69) is 32.9 Å². The lowest BCUT2D eigenvalue weighted by atomic mass is 9.92. The predicted molar refractivity (Wildman–Crippen MR) is 115 cm³/mol. The number of aromatic nitrogens is 1. The molecular formula is C24H30N2O3. The number of fused-ring (bicyclic) bond motifs is 1. The van der Waals surface area contributed by atoms with Crippen molar-refractivity contribution in [3.63, 3.8) is 0 Å². The zero-order valence-electron chi connectivity index (χ0n) is 18.3. The van der Waals surface area contributed by atoms with Gasteiger partial charge in [0, 0.05) is 32.4 Å². The molecule has 0 atom stereocenters. The molecule has 2 aromatic rings. The van der Waals surface area contributed by atoms with Gasteiger partial charge in [-0.2, -0.15) is 0 Å². The highest BCUT2D eigenvalue weighted by molar-refractivity contribution is 6.10. The largest absolute Gasteiger partial charge is 0.461 e. The van der Waals surface area contributed by atoms with Crippen LogP contribution in [0, 0.1) is 20.8 Å². The normalized spacial score (nSPS) is 14.8. The minimum atomic E-state index is -0.379. The lowest BCUT2D eigenvalue weighted by Gasteiger charge is -2.21. The van der Waals surface area contributed by atoms with E-state index in [1.54, 1.807) is 6.92 Å². The Morgan fingerprint density at radius 2 is 1.79 bits per heavy atom. The summed E-state index contributed by atoms with van der Waals surface area (Å²) in [5, 5.41) is 0. The fourth-order valence-corrected chi connectivity index (χ4v) is 4.19. The number of carbonyl (C=O) groups is 2. The van der Waals surface area contributed by atoms with Crippen molar-refractivity contribution in [3.8, 4) is 0 Å². The van der Waals surface area contributed by atoms with Gasteiger partial charge >= 0.3 is 5.97 Å². The van der Waals surface area contributed by atoms with Gasteiger partial charge in [-0.1, -0.05) is 17.7 Å². The van der Waals surface area contributed by atoms with Crippen molar-refractivity contribution in [3.05, 3.63) is 69.2 Å². The molecule has 1 aliphatic carbocycles. The average molecular weight is 395 g/mol. The Morgan fingerprint density at radius 1 is 1.14 bits per heavy atom. The van der Waals surface area contributed by atoms with Gasteiger partial charge in [0.1, 0.15) is 5.69 Å². The van der Waals surface area contributed by atoms with E-state index in [9.17, 15) is 9.59 Å². The predicted octanol–water partition coefficient (Wildman–Crippen LogP) is 4.21. The maximum absolute atomic E-state index is 13.3. The molecule has 5 nitrogen and oxygen atoms in total. The van der Waals surface area contributed by atoms with Crippen molar-refractivity contribution < 1.29 is 14.3 Å². The number of esters is 1. The van der Waals surface area contributed by atoms with E-state index in [0.717, 1.165) is 34.2 Å². The second-order valence-electron chi connectivity index (χ2n) is 8.03. The molecule has 0 aliphatic heterocycles. The Bertz CT molecular complexity index is 973. The maximum atomic E-state index is 13.3. The minimum absolute atomic E-state index is 0.00193. The first-order valence-electron chi connectivity index (χ1n) is 10.1. The fourth-order valence-electron chi connectivity index (χ4n) is 4.19. The molecule has 0 saturated carbocycles. The van der Waals surface area contributed by atoms with Gasteiger partial charge in [0.25, 0.3) is 0 Å². The molecule has 0 N–H and O–H groups in total. The number of hydrogen-bond acceptors (Lipinski definition) is 4. The van der Waals surface area contributed by atoms with E-state index in [0.29, 0.717) is 31.0 Å². The second kappa shape index (κ2) is 8.27. The van der Waals surface area contributed by atoms with E-state index in [1.165, 1.54) is 5.56 Å². The van der Waals surface area contributed by atoms with Crippen LogP contribution in [-0.2, 0) is 17.7 Å². The summed E-state index contributed by atoms with van der Waals surface area (Å²) in [6, 6.07) is 6.12. The van der Waals surface area contributed by atoms with Crippen LogP contribution in [0.1, 0.15) is 62.1 Å². The second-order valence-corrected chi connectivity index (χ2v) is 8.03. The molecule has 1 aromatic carbocycles. The van der Waals surface area contributed by atoms with Gasteiger partial charge in [0.15, 0.2) is 0 Å². The number of ether oxygens (including phenoxy) is 1. The summed E-state index contributed by atoms with van der Waals surface area (Å²) in [5.74, 6) is -0.381. The molecule has 1 heterocycles. The Balaban J connectivity index is 2.16. The van der Waals surface area contributed by atoms with Crippen LogP contribution in [0.2, 0.25) is 0 Å². The van der Waals surface area contributed by atoms with E-state index >= 15 is 0 Å². The summed E-state index contributed by atoms with van der Waals surface area (Å²) >= 11 is 0. The Labute approximate surface area is 173 Å². The quantitative estimate of drug-likeness (QED) is 0.563. The first kappa shape index (κ1) is 20.9. The third-order valence-electron chi connectivity index (χ3n) is 5.40. The molecule has 1 aromatic heterocycles. The van der Waals surface area contributed by atoms with Gasteiger partial charge in [0.05, 0.1) is 12.3 Å². The van der Waals surface area contributed by atoms with Crippen LogP contribution < -0.4 is 0 Å². The zero-order chi connectivity index (χ0) is 21.3. The number of rotatable bonds is 5. The van der Waals surface area contributed by atoms with Crippen LogP contribution >= 0.6 is 0 Å². The average Bonchev–Trinajstić information content (AvgIpc) is 2.99. The molecule has 5 heteroatoms. The monoisotopic (exact) mass is 394 g/mol. The summed E-state index contributed by atoms with van der Waals surface area (Å²) in [6.07, 6.45) is 3.31. The van der Waals surface area contributed by atoms with Crippen molar-refractivity contribution in [2.24, 2.45) is 0 Å². The van der Waals surface area contributed by atoms with Crippen molar-refractivity contribution in [1.82, 2.24) is 9.47 Å². The number of nitrogens with zero attached hydrogens (tertiary/aromatic N) is 2. The van der Waals surface area contributed by atoms with Gasteiger partial charge in [0.2, 0.25) is 5.78 Å². The zero-order valence-corrected chi connectivity index (χ0v) is 18.3. The lowest BCUT2D eigenvalue weighted by molar-refractivity contribution is 0.0514. The topological polar surface area (TPSA) is 51.5 Å².